The lowest BCUT2D eigenvalue weighted by Crippen LogP contribution is -2.45. The van der Waals surface area contributed by atoms with E-state index in [0.717, 1.165) is 44.9 Å². The summed E-state index contributed by atoms with van der Waals surface area (Å²) < 4.78 is 0. The smallest absolute Gasteiger partial charge is 0.222 e. The van der Waals surface area contributed by atoms with E-state index < -0.39 is 18.2 Å². The Morgan fingerprint density at radius 3 is 1.23 bits per heavy atom. The Morgan fingerprint density at radius 2 is 0.807 bits per heavy atom. The first-order valence-electron chi connectivity index (χ1n) is 24.6. The van der Waals surface area contributed by atoms with E-state index in [4.69, 9.17) is 0 Å². The normalized spacial score (nSPS) is 14.0. The van der Waals surface area contributed by atoms with Crippen LogP contribution in [0.3, 0.4) is 0 Å². The van der Waals surface area contributed by atoms with E-state index >= 15 is 0 Å². The van der Waals surface area contributed by atoms with Crippen LogP contribution in [0.2, 0.25) is 0 Å². The number of amides is 1. The first kappa shape index (κ1) is 55.0. The largest absolute Gasteiger partial charge is 0.394 e. The van der Waals surface area contributed by atoms with Gasteiger partial charge in [0.1, 0.15) is 0 Å². The second kappa shape index (κ2) is 46.7. The summed E-state index contributed by atoms with van der Waals surface area (Å²) in [4.78, 5) is 12.5. The van der Waals surface area contributed by atoms with Gasteiger partial charge in [-0.3, -0.25) is 4.79 Å². The number of hydrogen-bond acceptors (Lipinski definition) is 4. The fourth-order valence-corrected chi connectivity index (χ4v) is 7.23. The van der Waals surface area contributed by atoms with Crippen molar-refractivity contribution in [3.63, 3.8) is 0 Å². The van der Waals surface area contributed by atoms with Crippen molar-refractivity contribution >= 4 is 5.91 Å². The third-order valence-corrected chi connectivity index (χ3v) is 11.0. The van der Waals surface area contributed by atoms with Gasteiger partial charge in [0, 0.05) is 0 Å². The molecule has 3 unspecified atom stereocenters. The zero-order valence-electron chi connectivity index (χ0n) is 37.7. The highest BCUT2D eigenvalue weighted by molar-refractivity contribution is 5.76. The Morgan fingerprint density at radius 1 is 0.456 bits per heavy atom. The molecule has 0 aliphatic heterocycles. The van der Waals surface area contributed by atoms with E-state index in [0.29, 0.717) is 6.42 Å². The number of rotatable bonds is 44. The van der Waals surface area contributed by atoms with Crippen LogP contribution in [0.4, 0.5) is 0 Å². The number of nitrogens with one attached hydrogen (secondary N) is 1. The number of carbonyl (C=O) groups excluding carboxylic acids is 1. The molecule has 0 rings (SSSR count). The Hall–Kier alpha value is -1.95. The van der Waals surface area contributed by atoms with Gasteiger partial charge < -0.3 is 20.6 Å². The van der Waals surface area contributed by atoms with Gasteiger partial charge in [-0.2, -0.15) is 0 Å². The fourth-order valence-electron chi connectivity index (χ4n) is 7.23. The number of carbonyl (C=O) groups is 1. The van der Waals surface area contributed by atoms with Crippen molar-refractivity contribution in [2.45, 2.75) is 257 Å². The zero-order valence-corrected chi connectivity index (χ0v) is 37.7. The van der Waals surface area contributed by atoms with Crippen LogP contribution in [0, 0.1) is 0 Å². The maximum absolute atomic E-state index is 12.5. The predicted octanol–water partition coefficient (Wildman–Crippen LogP) is 14.7. The van der Waals surface area contributed by atoms with Crippen molar-refractivity contribution in [2.75, 3.05) is 6.61 Å². The molecule has 0 aromatic carbocycles. The van der Waals surface area contributed by atoms with Crippen molar-refractivity contribution in [3.8, 4) is 0 Å². The van der Waals surface area contributed by atoms with E-state index in [2.05, 4.69) is 67.8 Å². The number of allylic oxidation sites excluding steroid dienone is 9. The van der Waals surface area contributed by atoms with E-state index in [-0.39, 0.29) is 18.9 Å². The maximum Gasteiger partial charge on any atom is 0.222 e. The molecule has 1 amide bonds. The van der Waals surface area contributed by atoms with E-state index in [1.807, 2.05) is 6.08 Å². The molecule has 0 aromatic rings. The summed E-state index contributed by atoms with van der Waals surface area (Å²) >= 11 is 0. The third kappa shape index (κ3) is 43.5. The van der Waals surface area contributed by atoms with Gasteiger partial charge in [-0.1, -0.05) is 216 Å². The quantitative estimate of drug-likeness (QED) is 0.0365. The lowest BCUT2D eigenvalue weighted by Gasteiger charge is -2.21. The van der Waals surface area contributed by atoms with Gasteiger partial charge in [-0.15, -0.1) is 0 Å². The van der Waals surface area contributed by atoms with Crippen LogP contribution in [0.15, 0.2) is 60.8 Å². The molecule has 5 nitrogen and oxygen atoms in total. The van der Waals surface area contributed by atoms with Crippen LogP contribution in [0.1, 0.15) is 239 Å². The Balaban J connectivity index is 3.69. The Labute approximate surface area is 354 Å². The minimum atomic E-state index is -0.963. The number of aliphatic hydroxyl groups excluding tert-OH is 3. The molecule has 0 fully saturated rings. The molecule has 4 N–H and O–H groups in total. The summed E-state index contributed by atoms with van der Waals surface area (Å²) in [7, 11) is 0. The molecule has 0 aliphatic carbocycles. The SMILES string of the molecule is CCCCCCCCC/C=C/CC/C=C/CC/C=C/C(O)C(CO)NC(=O)CC(O)CCCCCCCCCCC/C=C\C/C=C\CCCCCCCCCCC. The molecule has 0 heterocycles. The van der Waals surface area contributed by atoms with Crippen molar-refractivity contribution in [2.24, 2.45) is 0 Å². The highest BCUT2D eigenvalue weighted by atomic mass is 16.3. The molecular formula is C52H95NO4. The van der Waals surface area contributed by atoms with E-state index in [1.165, 1.54) is 167 Å². The Bertz CT molecular complexity index is 969. The molecule has 5 heteroatoms. The summed E-state index contributed by atoms with van der Waals surface area (Å²) in [5.74, 6) is -0.333. The fraction of sp³-hybridized carbons (Fsp3) is 0.788. The minimum Gasteiger partial charge on any atom is -0.394 e. The first-order chi connectivity index (χ1) is 28.0. The van der Waals surface area contributed by atoms with Crippen LogP contribution >= 0.6 is 0 Å². The molecule has 57 heavy (non-hydrogen) atoms. The standard InChI is InChI=1S/C52H95NO4/c1-3-5-7-9-11-13-15-17-19-21-22-23-24-25-26-27-28-30-31-33-35-37-39-41-43-45-49(55)47-52(57)53-50(48-54)51(56)46-44-42-40-38-36-34-32-29-20-18-16-14-12-10-8-6-4-2/h20,22-23,25-26,29,36,38,44,46,49-51,54-56H,3-19,21,24,27-28,30-35,37,39-43,45,47-48H2,1-2H3,(H,53,57)/b23-22-,26-25-,29-20+,38-36+,46-44+. The third-order valence-electron chi connectivity index (χ3n) is 11.0. The van der Waals surface area contributed by atoms with Gasteiger partial charge in [0.05, 0.1) is 31.3 Å². The predicted molar refractivity (Wildman–Crippen MR) is 250 cm³/mol. The average Bonchev–Trinajstić information content (AvgIpc) is 3.20. The highest BCUT2D eigenvalue weighted by Crippen LogP contribution is 2.15. The topological polar surface area (TPSA) is 89.8 Å². The lowest BCUT2D eigenvalue weighted by atomic mass is 10.0. The molecule has 0 saturated heterocycles. The average molecular weight is 798 g/mol. The van der Waals surface area contributed by atoms with Gasteiger partial charge in [0.25, 0.3) is 0 Å². The zero-order chi connectivity index (χ0) is 41.5. The molecule has 0 aromatic heterocycles. The maximum atomic E-state index is 12.5. The first-order valence-corrected chi connectivity index (χ1v) is 24.6. The van der Waals surface area contributed by atoms with Crippen LogP contribution in [0.25, 0.3) is 0 Å². The molecule has 3 atom stereocenters. The monoisotopic (exact) mass is 798 g/mol. The summed E-state index contributed by atoms with van der Waals surface area (Å²) in [6.45, 7) is 4.19. The van der Waals surface area contributed by atoms with Crippen LogP contribution < -0.4 is 5.32 Å². The summed E-state index contributed by atoms with van der Waals surface area (Å²) in [6, 6.07) is -0.771. The van der Waals surface area contributed by atoms with Gasteiger partial charge >= 0.3 is 0 Å². The highest BCUT2D eigenvalue weighted by Gasteiger charge is 2.20. The Kier molecular flexibility index (Phi) is 45.1. The number of unbranched alkanes of at least 4 members (excludes halogenated alkanes) is 27. The van der Waals surface area contributed by atoms with Crippen molar-refractivity contribution in [1.82, 2.24) is 5.32 Å². The van der Waals surface area contributed by atoms with Gasteiger partial charge in [-0.25, -0.2) is 0 Å². The second-order valence-corrected chi connectivity index (χ2v) is 16.7. The number of hydrogen-bond donors (Lipinski definition) is 4. The molecule has 332 valence electrons. The molecule has 0 saturated carbocycles. The lowest BCUT2D eigenvalue weighted by molar-refractivity contribution is -0.124. The molecule has 0 bridgehead atoms. The van der Waals surface area contributed by atoms with Crippen LogP contribution in [0.5, 0.6) is 0 Å². The summed E-state index contributed by atoms with van der Waals surface area (Å²) in [5, 5.41) is 33.3. The van der Waals surface area contributed by atoms with Crippen LogP contribution in [-0.4, -0.2) is 46.1 Å². The van der Waals surface area contributed by atoms with Crippen LogP contribution in [-0.2, 0) is 4.79 Å². The van der Waals surface area contributed by atoms with Crippen molar-refractivity contribution < 1.29 is 20.1 Å². The number of aliphatic hydroxyl groups is 3. The van der Waals surface area contributed by atoms with E-state index in [1.54, 1.807) is 6.08 Å². The minimum absolute atomic E-state index is 0.00265. The molecule has 0 radical (unpaired) electrons. The van der Waals surface area contributed by atoms with Crippen molar-refractivity contribution in [1.29, 1.82) is 0 Å². The van der Waals surface area contributed by atoms with Crippen molar-refractivity contribution in [3.05, 3.63) is 60.8 Å². The second-order valence-electron chi connectivity index (χ2n) is 16.7. The molecule has 0 aliphatic rings. The van der Waals surface area contributed by atoms with Gasteiger partial charge in [0.2, 0.25) is 5.91 Å². The molecule has 0 spiro atoms. The van der Waals surface area contributed by atoms with Gasteiger partial charge in [0.15, 0.2) is 0 Å². The van der Waals surface area contributed by atoms with E-state index in [9.17, 15) is 20.1 Å². The molecular weight excluding hydrogens is 703 g/mol. The van der Waals surface area contributed by atoms with Gasteiger partial charge in [-0.05, 0) is 77.0 Å². The summed E-state index contributed by atoms with van der Waals surface area (Å²) in [5.41, 5.74) is 0. The summed E-state index contributed by atoms with van der Waals surface area (Å²) in [6.07, 6.45) is 62.3.